The molecule has 0 saturated carbocycles. The van der Waals surface area contributed by atoms with E-state index in [9.17, 15) is 0 Å². The Bertz CT molecular complexity index is 2210. The molecule has 0 saturated heterocycles. The molecular weight excluding hydrogens is 642 g/mol. The summed E-state index contributed by atoms with van der Waals surface area (Å²) >= 11 is 0. The Morgan fingerprint density at radius 1 is 0.275 bits per heavy atom. The summed E-state index contributed by atoms with van der Waals surface area (Å²) < 4.78 is 51.4. The normalized spacial score (nSPS) is 11.0. The Morgan fingerprint density at radius 2 is 0.510 bits per heavy atom. The van der Waals surface area contributed by atoms with E-state index in [1.54, 1.807) is 42.5 Å². The molecule has 0 spiro atoms. The number of rotatable bonds is 7. The highest BCUT2D eigenvalue weighted by atomic mass is 19.1. The molecule has 6 aromatic carbocycles. The number of nitrogens with zero attached hydrogens (tertiary/aromatic N) is 4. The molecular formula is C44H27F3N4. The van der Waals surface area contributed by atoms with Crippen LogP contribution in [-0.4, -0.2) is 19.9 Å². The summed E-state index contributed by atoms with van der Waals surface area (Å²) in [4.78, 5) is 18.8. The van der Waals surface area contributed by atoms with Gasteiger partial charge in [0.1, 0.15) is 11.6 Å². The molecule has 2 aromatic heterocycles. The maximum Gasteiger partial charge on any atom is 0.166 e. The van der Waals surface area contributed by atoms with Crippen molar-refractivity contribution in [3.63, 3.8) is 0 Å². The van der Waals surface area contributed by atoms with Crippen LogP contribution in [0, 0.1) is 17.5 Å². The molecule has 0 aliphatic carbocycles. The van der Waals surface area contributed by atoms with Gasteiger partial charge >= 0.3 is 0 Å². The highest BCUT2D eigenvalue weighted by Gasteiger charge is 2.31. The van der Waals surface area contributed by atoms with Crippen molar-refractivity contribution in [3.05, 3.63) is 181 Å². The second-order valence-electron chi connectivity index (χ2n) is 11.8. The highest BCUT2D eigenvalue weighted by molar-refractivity contribution is 5.83. The summed E-state index contributed by atoms with van der Waals surface area (Å²) in [6.07, 6.45) is 0. The lowest BCUT2D eigenvalue weighted by Gasteiger charge is -2.17. The van der Waals surface area contributed by atoms with E-state index in [4.69, 9.17) is 19.9 Å². The molecule has 8 rings (SSSR count). The van der Waals surface area contributed by atoms with Crippen LogP contribution in [0.25, 0.3) is 78.9 Å². The number of hydrogen-bond acceptors (Lipinski definition) is 4. The summed E-state index contributed by atoms with van der Waals surface area (Å²) in [7, 11) is 0. The van der Waals surface area contributed by atoms with Gasteiger partial charge in [-0.25, -0.2) is 33.1 Å². The summed E-state index contributed by atoms with van der Waals surface area (Å²) in [5.74, 6) is -3.96. The van der Waals surface area contributed by atoms with E-state index < -0.39 is 34.1 Å². The van der Waals surface area contributed by atoms with Crippen molar-refractivity contribution in [2.24, 2.45) is 0 Å². The molecule has 0 unspecified atom stereocenters. The highest BCUT2D eigenvalue weighted by Crippen LogP contribution is 2.42. The standard InChI is InChI=1S/C44H27F3N4/c45-40-37(32-24-14-5-15-25-32)41(46)39(44-50-35(30-20-10-3-11-21-30)27-36(51-44)31-22-12-4-13-23-31)42(47)38(40)43-48-33(28-16-6-1-7-17-28)26-34(49-43)29-18-8-2-9-19-29/h1-27H. The first-order valence-corrected chi connectivity index (χ1v) is 16.3. The average molecular weight is 669 g/mol. The molecule has 7 heteroatoms. The van der Waals surface area contributed by atoms with Crippen molar-refractivity contribution in [3.8, 4) is 78.9 Å². The van der Waals surface area contributed by atoms with Gasteiger partial charge in [0.05, 0.1) is 39.5 Å². The van der Waals surface area contributed by atoms with Crippen molar-refractivity contribution in [2.75, 3.05) is 0 Å². The zero-order valence-corrected chi connectivity index (χ0v) is 27.0. The third kappa shape index (κ3) is 6.17. The van der Waals surface area contributed by atoms with E-state index in [1.165, 1.54) is 0 Å². The lowest BCUT2D eigenvalue weighted by Crippen LogP contribution is -2.08. The zero-order valence-electron chi connectivity index (χ0n) is 27.0. The van der Waals surface area contributed by atoms with Crippen molar-refractivity contribution in [1.82, 2.24) is 19.9 Å². The first-order valence-electron chi connectivity index (χ1n) is 16.3. The Kier molecular flexibility index (Phi) is 8.44. The molecule has 2 heterocycles. The number of hydrogen-bond donors (Lipinski definition) is 0. The van der Waals surface area contributed by atoms with E-state index >= 15 is 13.2 Å². The van der Waals surface area contributed by atoms with Gasteiger partial charge in [-0.3, -0.25) is 0 Å². The lowest BCUT2D eigenvalue weighted by atomic mass is 9.95. The minimum absolute atomic E-state index is 0.208. The van der Waals surface area contributed by atoms with Gasteiger partial charge in [-0.1, -0.05) is 152 Å². The monoisotopic (exact) mass is 668 g/mol. The van der Waals surface area contributed by atoms with Crippen LogP contribution in [0.5, 0.6) is 0 Å². The largest absolute Gasteiger partial charge is 0.228 e. The minimum Gasteiger partial charge on any atom is -0.228 e. The fraction of sp³-hybridized carbons (Fsp3) is 0. The van der Waals surface area contributed by atoms with Crippen molar-refractivity contribution >= 4 is 0 Å². The fourth-order valence-corrected chi connectivity index (χ4v) is 6.06. The van der Waals surface area contributed by atoms with Crippen LogP contribution in [0.15, 0.2) is 164 Å². The van der Waals surface area contributed by atoms with Crippen molar-refractivity contribution in [1.29, 1.82) is 0 Å². The number of benzene rings is 6. The molecule has 0 bridgehead atoms. The third-order valence-electron chi connectivity index (χ3n) is 8.56. The van der Waals surface area contributed by atoms with Crippen LogP contribution in [0.2, 0.25) is 0 Å². The Hall–Kier alpha value is -6.73. The molecule has 0 aliphatic heterocycles. The van der Waals surface area contributed by atoms with Gasteiger partial charge in [-0.15, -0.1) is 0 Å². The predicted molar refractivity (Wildman–Crippen MR) is 196 cm³/mol. The zero-order chi connectivity index (χ0) is 34.7. The van der Waals surface area contributed by atoms with Crippen LogP contribution >= 0.6 is 0 Å². The average Bonchev–Trinajstić information content (AvgIpc) is 3.19. The van der Waals surface area contributed by atoms with Gasteiger partial charge in [0.25, 0.3) is 0 Å². The van der Waals surface area contributed by atoms with Crippen LogP contribution in [-0.2, 0) is 0 Å². The fourth-order valence-electron chi connectivity index (χ4n) is 6.06. The van der Waals surface area contributed by atoms with E-state index in [2.05, 4.69) is 0 Å². The number of halogens is 3. The van der Waals surface area contributed by atoms with Crippen LogP contribution in [0.3, 0.4) is 0 Å². The second-order valence-corrected chi connectivity index (χ2v) is 11.8. The van der Waals surface area contributed by atoms with Gasteiger partial charge in [0.15, 0.2) is 17.5 Å². The molecule has 0 atom stereocenters. The quantitative estimate of drug-likeness (QED) is 0.170. The van der Waals surface area contributed by atoms with Crippen LogP contribution in [0.1, 0.15) is 0 Å². The molecule has 0 fully saturated rings. The molecule has 4 nitrogen and oxygen atoms in total. The van der Waals surface area contributed by atoms with E-state index in [-0.39, 0.29) is 17.2 Å². The van der Waals surface area contributed by atoms with Crippen LogP contribution < -0.4 is 0 Å². The van der Waals surface area contributed by atoms with E-state index in [0.29, 0.717) is 22.8 Å². The summed E-state index contributed by atoms with van der Waals surface area (Å²) in [6, 6.07) is 48.9. The first kappa shape index (κ1) is 31.5. The third-order valence-corrected chi connectivity index (χ3v) is 8.56. The first-order chi connectivity index (χ1) is 25.0. The molecule has 0 amide bonds. The van der Waals surface area contributed by atoms with Crippen LogP contribution in [0.4, 0.5) is 13.2 Å². The van der Waals surface area contributed by atoms with Gasteiger partial charge in [0, 0.05) is 22.3 Å². The summed E-state index contributed by atoms with van der Waals surface area (Å²) in [5, 5.41) is 0. The van der Waals surface area contributed by atoms with Gasteiger partial charge in [-0.2, -0.15) is 0 Å². The van der Waals surface area contributed by atoms with Crippen molar-refractivity contribution in [2.45, 2.75) is 0 Å². The minimum atomic E-state index is -1.21. The maximum atomic E-state index is 17.4. The molecule has 0 N–H and O–H groups in total. The molecule has 244 valence electrons. The van der Waals surface area contributed by atoms with E-state index in [0.717, 1.165) is 22.3 Å². The van der Waals surface area contributed by atoms with Gasteiger partial charge in [0.2, 0.25) is 0 Å². The SMILES string of the molecule is Fc1c(-c2ccccc2)c(F)c(-c2nc(-c3ccccc3)cc(-c3ccccc3)n2)c(F)c1-c1nc(-c2ccccc2)cc(-c2ccccc2)n1. The van der Waals surface area contributed by atoms with Gasteiger partial charge < -0.3 is 0 Å². The number of aromatic nitrogens is 4. The molecule has 0 aliphatic rings. The Labute approximate surface area is 292 Å². The van der Waals surface area contributed by atoms with Crippen molar-refractivity contribution < 1.29 is 13.2 Å². The molecule has 8 aromatic rings. The smallest absolute Gasteiger partial charge is 0.166 e. The summed E-state index contributed by atoms with van der Waals surface area (Å²) in [6.45, 7) is 0. The molecule has 0 radical (unpaired) electrons. The summed E-state index contributed by atoms with van der Waals surface area (Å²) in [5.41, 5.74) is 3.24. The Morgan fingerprint density at radius 3 is 0.784 bits per heavy atom. The predicted octanol–water partition coefficient (Wildman–Crippen LogP) is 11.4. The van der Waals surface area contributed by atoms with E-state index in [1.807, 2.05) is 121 Å². The lowest BCUT2D eigenvalue weighted by molar-refractivity contribution is 0.554. The Balaban J connectivity index is 1.45. The molecule has 51 heavy (non-hydrogen) atoms. The van der Waals surface area contributed by atoms with Gasteiger partial charge in [-0.05, 0) is 17.7 Å². The maximum absolute atomic E-state index is 17.4. The topological polar surface area (TPSA) is 51.6 Å². The second kappa shape index (κ2) is 13.6.